The van der Waals surface area contributed by atoms with Crippen LogP contribution in [0.2, 0.25) is 0 Å². The van der Waals surface area contributed by atoms with E-state index in [-0.39, 0.29) is 13.2 Å². The average Bonchev–Trinajstić information content (AvgIpc) is 3.30. The van der Waals surface area contributed by atoms with Crippen molar-refractivity contribution >= 4 is 0 Å². The Morgan fingerprint density at radius 1 is 0.850 bits per heavy atom. The van der Waals surface area contributed by atoms with E-state index in [2.05, 4.69) is 0 Å². The third-order valence-corrected chi connectivity index (χ3v) is 7.71. The number of ether oxygens (including phenoxy) is 9. The molecule has 2 aromatic rings. The van der Waals surface area contributed by atoms with Crippen LogP contribution in [0, 0.1) is 0 Å². The highest BCUT2D eigenvalue weighted by Crippen LogP contribution is 2.42. The van der Waals surface area contributed by atoms with Gasteiger partial charge in [0.2, 0.25) is 0 Å². The summed E-state index contributed by atoms with van der Waals surface area (Å²) in [6.07, 6.45) is -8.82. The molecule has 0 bridgehead atoms. The minimum absolute atomic E-state index is 0.184. The lowest BCUT2D eigenvalue weighted by molar-refractivity contribution is -0.376. The molecule has 11 atom stereocenters. The minimum Gasteiger partial charge on any atom is -0.367 e. The summed E-state index contributed by atoms with van der Waals surface area (Å²) in [4.78, 5) is 0. The second-order valence-corrected chi connectivity index (χ2v) is 11.0. The Balaban J connectivity index is 1.22. The molecule has 2 aromatic carbocycles. The summed E-state index contributed by atoms with van der Waals surface area (Å²) in [5.41, 5.74) is 1.76. The normalized spacial score (nSPS) is 40.8. The molecule has 4 aliphatic heterocycles. The van der Waals surface area contributed by atoms with Crippen LogP contribution >= 0.6 is 0 Å². The SMILES string of the molecule is CO[C@@H]1O[C@@H](C)[C@H](OC2O[C@@H]3COC(c4ccccc4)O[C@H]3[C@H](OCc3ccccc3)[C@H]2F)[C@H]2OC(C)(C)O[C@@H]12. The third-order valence-electron chi connectivity index (χ3n) is 7.71. The molecule has 9 nitrogen and oxygen atoms in total. The Kier molecular flexibility index (Phi) is 8.24. The van der Waals surface area contributed by atoms with Gasteiger partial charge >= 0.3 is 0 Å². The molecule has 4 heterocycles. The highest BCUT2D eigenvalue weighted by atomic mass is 19.1. The fourth-order valence-electron chi connectivity index (χ4n) is 5.83. The minimum atomic E-state index is -1.67. The summed E-state index contributed by atoms with van der Waals surface area (Å²) < 4.78 is 71.1. The Labute approximate surface area is 233 Å². The summed E-state index contributed by atoms with van der Waals surface area (Å²) in [7, 11) is 1.55. The molecule has 0 saturated carbocycles. The molecule has 0 aromatic heterocycles. The fraction of sp³-hybridized carbons (Fsp3) is 0.600. The number of methoxy groups -OCH3 is 1. The van der Waals surface area contributed by atoms with Crippen molar-refractivity contribution in [2.24, 2.45) is 0 Å². The Bertz CT molecular complexity index is 1100. The molecule has 4 aliphatic rings. The van der Waals surface area contributed by atoms with Gasteiger partial charge in [0.25, 0.3) is 0 Å². The number of hydrogen-bond acceptors (Lipinski definition) is 9. The van der Waals surface area contributed by atoms with E-state index in [0.29, 0.717) is 0 Å². The molecule has 10 heteroatoms. The van der Waals surface area contributed by atoms with Crippen LogP contribution in [0.3, 0.4) is 0 Å². The largest absolute Gasteiger partial charge is 0.367 e. The molecule has 0 radical (unpaired) electrons. The van der Waals surface area contributed by atoms with Gasteiger partial charge < -0.3 is 42.6 Å². The number of halogens is 1. The van der Waals surface area contributed by atoms with Crippen LogP contribution in [0.15, 0.2) is 60.7 Å². The van der Waals surface area contributed by atoms with Gasteiger partial charge in [-0.25, -0.2) is 4.39 Å². The van der Waals surface area contributed by atoms with Gasteiger partial charge in [-0.15, -0.1) is 0 Å². The van der Waals surface area contributed by atoms with E-state index < -0.39 is 73.6 Å². The third kappa shape index (κ3) is 5.70. The number of hydrogen-bond donors (Lipinski definition) is 0. The van der Waals surface area contributed by atoms with Crippen LogP contribution in [0.5, 0.6) is 0 Å². The summed E-state index contributed by atoms with van der Waals surface area (Å²) in [6, 6.07) is 19.2. The maximum Gasteiger partial charge on any atom is 0.192 e. The van der Waals surface area contributed by atoms with Gasteiger partial charge in [0.05, 0.1) is 19.3 Å². The lowest BCUT2D eigenvalue weighted by Crippen LogP contribution is -2.64. The van der Waals surface area contributed by atoms with E-state index in [1.807, 2.05) is 81.4 Å². The fourth-order valence-corrected chi connectivity index (χ4v) is 5.83. The maximum atomic E-state index is 16.4. The van der Waals surface area contributed by atoms with Gasteiger partial charge in [-0.05, 0) is 26.3 Å². The van der Waals surface area contributed by atoms with Crippen LogP contribution in [0.25, 0.3) is 0 Å². The number of rotatable bonds is 7. The first-order chi connectivity index (χ1) is 19.3. The standard InChI is InChI=1S/C30H37FO9/c1-17-22(25-26(29(32-4)35-17)40-30(2,3)39-25)37-28-21(31)24(33-15-18-11-7-5-8-12-18)23-20(36-28)16-34-27(38-23)19-13-9-6-10-14-19/h5-14,17,20-29H,15-16H2,1-4H3/t17-,20+,21+,22-,23+,24+,25+,26+,27?,28?,29+/m0/s1. The van der Waals surface area contributed by atoms with E-state index in [1.165, 1.54) is 0 Å². The summed E-state index contributed by atoms with van der Waals surface area (Å²) in [5, 5.41) is 0. The van der Waals surface area contributed by atoms with Crippen LogP contribution in [0.1, 0.15) is 38.2 Å². The van der Waals surface area contributed by atoms with Crippen molar-refractivity contribution in [2.45, 2.75) is 101 Å². The summed E-state index contributed by atoms with van der Waals surface area (Å²) in [5.74, 6) is -0.881. The molecule has 4 saturated heterocycles. The first-order valence-electron chi connectivity index (χ1n) is 13.8. The van der Waals surface area contributed by atoms with Gasteiger partial charge in [-0.3, -0.25) is 0 Å². The predicted molar refractivity (Wildman–Crippen MR) is 139 cm³/mol. The quantitative estimate of drug-likeness (QED) is 0.498. The van der Waals surface area contributed by atoms with Crippen molar-refractivity contribution in [3.63, 3.8) is 0 Å². The Hall–Kier alpha value is -1.99. The van der Waals surface area contributed by atoms with Crippen LogP contribution in [-0.4, -0.2) is 81.0 Å². The van der Waals surface area contributed by atoms with Crippen LogP contribution in [0.4, 0.5) is 4.39 Å². The average molecular weight is 561 g/mol. The van der Waals surface area contributed by atoms with Gasteiger partial charge in [0.15, 0.2) is 30.8 Å². The van der Waals surface area contributed by atoms with E-state index in [4.69, 9.17) is 42.6 Å². The predicted octanol–water partition coefficient (Wildman–Crippen LogP) is 4.05. The molecular formula is C30H37FO9. The van der Waals surface area contributed by atoms with E-state index in [0.717, 1.165) is 11.1 Å². The molecule has 2 unspecified atom stereocenters. The van der Waals surface area contributed by atoms with Crippen molar-refractivity contribution in [3.05, 3.63) is 71.8 Å². The van der Waals surface area contributed by atoms with Crippen molar-refractivity contribution in [1.29, 1.82) is 0 Å². The first kappa shape index (κ1) is 28.1. The highest BCUT2D eigenvalue weighted by Gasteiger charge is 2.58. The van der Waals surface area contributed by atoms with Crippen LogP contribution in [-0.2, 0) is 49.2 Å². The number of alkyl halides is 1. The van der Waals surface area contributed by atoms with Crippen molar-refractivity contribution in [2.75, 3.05) is 13.7 Å². The maximum absolute atomic E-state index is 16.4. The zero-order valence-corrected chi connectivity index (χ0v) is 23.1. The molecular weight excluding hydrogens is 523 g/mol. The van der Waals surface area contributed by atoms with Gasteiger partial charge in [-0.1, -0.05) is 60.7 Å². The number of benzene rings is 2. The zero-order valence-electron chi connectivity index (χ0n) is 23.1. The van der Waals surface area contributed by atoms with Gasteiger partial charge in [0, 0.05) is 12.7 Å². The lowest BCUT2D eigenvalue weighted by atomic mass is 9.96. The highest BCUT2D eigenvalue weighted by molar-refractivity contribution is 5.17. The summed E-state index contributed by atoms with van der Waals surface area (Å²) >= 11 is 0. The second-order valence-electron chi connectivity index (χ2n) is 11.0. The van der Waals surface area contributed by atoms with Gasteiger partial charge in [0.1, 0.15) is 36.6 Å². The molecule has 40 heavy (non-hydrogen) atoms. The summed E-state index contributed by atoms with van der Waals surface area (Å²) in [6.45, 7) is 5.85. The molecule has 0 N–H and O–H groups in total. The van der Waals surface area contributed by atoms with E-state index in [1.54, 1.807) is 7.11 Å². The number of fused-ring (bicyclic) bond motifs is 2. The first-order valence-corrected chi connectivity index (χ1v) is 13.8. The van der Waals surface area contributed by atoms with Crippen molar-refractivity contribution in [3.8, 4) is 0 Å². The van der Waals surface area contributed by atoms with E-state index in [9.17, 15) is 0 Å². The molecule has 4 fully saturated rings. The van der Waals surface area contributed by atoms with Gasteiger partial charge in [-0.2, -0.15) is 0 Å². The zero-order chi connectivity index (χ0) is 27.9. The molecule has 0 amide bonds. The molecule has 6 rings (SSSR count). The smallest absolute Gasteiger partial charge is 0.192 e. The van der Waals surface area contributed by atoms with E-state index >= 15 is 4.39 Å². The topological polar surface area (TPSA) is 83.1 Å². The molecule has 218 valence electrons. The lowest BCUT2D eigenvalue weighted by Gasteiger charge is -2.48. The van der Waals surface area contributed by atoms with Crippen LogP contribution < -0.4 is 0 Å². The van der Waals surface area contributed by atoms with Crippen molar-refractivity contribution in [1.82, 2.24) is 0 Å². The molecule has 0 spiro atoms. The Morgan fingerprint density at radius 3 is 2.27 bits per heavy atom. The van der Waals surface area contributed by atoms with Crippen molar-refractivity contribution < 1.29 is 47.0 Å². The second kappa shape index (κ2) is 11.7. The Morgan fingerprint density at radius 2 is 1.55 bits per heavy atom. The monoisotopic (exact) mass is 560 g/mol. The molecule has 0 aliphatic carbocycles.